The molecule has 0 atom stereocenters. The number of rotatable bonds is 5. The summed E-state index contributed by atoms with van der Waals surface area (Å²) in [5.74, 6) is 2.33. The number of aromatic nitrogens is 4. The predicted molar refractivity (Wildman–Crippen MR) is 199 cm³/mol. The van der Waals surface area contributed by atoms with Crippen LogP contribution in [0.4, 0.5) is 0 Å². The quantitative estimate of drug-likeness (QED) is 0.186. The Morgan fingerprint density at radius 3 is 1.64 bits per heavy atom. The smallest absolute Gasteiger partial charge is 0.227 e. The van der Waals surface area contributed by atoms with E-state index in [4.69, 9.17) is 28.8 Å². The van der Waals surface area contributed by atoms with Gasteiger partial charge in [0, 0.05) is 27.6 Å². The van der Waals surface area contributed by atoms with Crippen LogP contribution in [0, 0.1) is 0 Å². The van der Waals surface area contributed by atoms with Crippen molar-refractivity contribution in [1.82, 2.24) is 19.9 Å². The lowest BCUT2D eigenvalue weighted by Gasteiger charge is -2.13. The van der Waals surface area contributed by atoms with Crippen molar-refractivity contribution in [3.63, 3.8) is 0 Å². The van der Waals surface area contributed by atoms with Gasteiger partial charge in [-0.15, -0.1) is 0 Å². The summed E-state index contributed by atoms with van der Waals surface area (Å²) in [5, 5.41) is 3.91. The maximum absolute atomic E-state index is 6.60. The molecule has 0 N–H and O–H groups in total. The number of nitrogens with zero attached hydrogens (tertiary/aromatic N) is 4. The van der Waals surface area contributed by atoms with E-state index in [1.165, 1.54) is 0 Å². The summed E-state index contributed by atoms with van der Waals surface area (Å²) in [6.45, 7) is 0. The third-order valence-electron chi connectivity index (χ3n) is 9.18. The number of oxazole rings is 1. The van der Waals surface area contributed by atoms with E-state index in [2.05, 4.69) is 42.5 Å². The molecule has 0 bridgehead atoms. The van der Waals surface area contributed by atoms with Crippen LogP contribution in [-0.4, -0.2) is 19.9 Å². The fourth-order valence-electron chi connectivity index (χ4n) is 6.88. The second-order valence-corrected chi connectivity index (χ2v) is 12.2. The minimum atomic E-state index is 0.563. The highest BCUT2D eigenvalue weighted by atomic mass is 16.4. The molecule has 0 aliphatic carbocycles. The average molecular weight is 643 g/mol. The van der Waals surface area contributed by atoms with E-state index in [1.54, 1.807) is 0 Å². The zero-order valence-electron chi connectivity index (χ0n) is 26.6. The third kappa shape index (κ3) is 4.58. The van der Waals surface area contributed by atoms with Gasteiger partial charge in [-0.1, -0.05) is 127 Å². The largest absolute Gasteiger partial charge is 0.456 e. The first-order valence-corrected chi connectivity index (χ1v) is 16.5. The van der Waals surface area contributed by atoms with Gasteiger partial charge in [-0.25, -0.2) is 19.9 Å². The highest BCUT2D eigenvalue weighted by molar-refractivity contribution is 6.27. The minimum absolute atomic E-state index is 0.563. The van der Waals surface area contributed by atoms with Gasteiger partial charge in [-0.3, -0.25) is 0 Å². The molecule has 0 radical (unpaired) electrons. The number of furan rings is 1. The standard InChI is InChI=1S/C44H26N4O2/c1-4-14-27(15-5-1)30-20-10-13-23-33(30)42-46-41(28-16-6-2-7-17-28)47-43(48-42)34-26-37-38(32-22-12-11-21-31(32)34)39-35(49-37)24-25-36-40(39)45-44(50-36)29-18-8-3-9-19-29/h1-26H. The Bertz CT molecular complexity index is 2860. The molecular weight excluding hydrogens is 617 g/mol. The molecule has 234 valence electrons. The first-order valence-electron chi connectivity index (χ1n) is 16.5. The molecule has 50 heavy (non-hydrogen) atoms. The number of hydrogen-bond donors (Lipinski definition) is 0. The number of benzene rings is 7. The van der Waals surface area contributed by atoms with Crippen LogP contribution >= 0.6 is 0 Å². The van der Waals surface area contributed by atoms with Crippen molar-refractivity contribution in [2.75, 3.05) is 0 Å². The van der Waals surface area contributed by atoms with E-state index in [-0.39, 0.29) is 0 Å². The van der Waals surface area contributed by atoms with Crippen LogP contribution in [0.2, 0.25) is 0 Å². The summed E-state index contributed by atoms with van der Waals surface area (Å²) in [7, 11) is 0. The molecule has 10 rings (SSSR count). The Morgan fingerprint density at radius 2 is 0.900 bits per heavy atom. The zero-order valence-corrected chi connectivity index (χ0v) is 26.6. The molecule has 0 aliphatic heterocycles. The predicted octanol–water partition coefficient (Wildman–Crippen LogP) is 11.4. The van der Waals surface area contributed by atoms with Gasteiger partial charge in [0.1, 0.15) is 16.7 Å². The molecule has 0 spiro atoms. The van der Waals surface area contributed by atoms with Gasteiger partial charge in [0.15, 0.2) is 23.1 Å². The number of fused-ring (bicyclic) bond motifs is 7. The molecule has 3 heterocycles. The van der Waals surface area contributed by atoms with Gasteiger partial charge < -0.3 is 8.83 Å². The van der Waals surface area contributed by atoms with Crippen LogP contribution in [0.3, 0.4) is 0 Å². The summed E-state index contributed by atoms with van der Waals surface area (Å²) in [4.78, 5) is 20.3. The van der Waals surface area contributed by atoms with Gasteiger partial charge >= 0.3 is 0 Å². The molecule has 6 heteroatoms. The lowest BCUT2D eigenvalue weighted by molar-refractivity contribution is 0.619. The summed E-state index contributed by atoms with van der Waals surface area (Å²) in [5.41, 5.74) is 8.69. The van der Waals surface area contributed by atoms with Crippen molar-refractivity contribution in [3.05, 3.63) is 158 Å². The highest BCUT2D eigenvalue weighted by Crippen LogP contribution is 2.43. The molecule has 10 aromatic rings. The zero-order chi connectivity index (χ0) is 33.0. The molecule has 0 unspecified atom stereocenters. The molecule has 7 aromatic carbocycles. The lowest BCUT2D eigenvalue weighted by atomic mass is 9.97. The molecular formula is C44H26N4O2. The first kappa shape index (κ1) is 28.1. The molecule has 0 saturated heterocycles. The Kier molecular flexibility index (Phi) is 6.39. The van der Waals surface area contributed by atoms with Crippen molar-refractivity contribution in [1.29, 1.82) is 0 Å². The van der Waals surface area contributed by atoms with E-state index in [1.807, 2.05) is 115 Å². The van der Waals surface area contributed by atoms with E-state index >= 15 is 0 Å². The van der Waals surface area contributed by atoms with Gasteiger partial charge in [0.25, 0.3) is 0 Å². The third-order valence-corrected chi connectivity index (χ3v) is 9.18. The SMILES string of the molecule is c1ccc(-c2nc(-c3ccccc3-c3ccccc3)nc(-c3cc4oc5ccc6oc(-c7ccccc7)nc6c5c4c4ccccc34)n2)cc1. The highest BCUT2D eigenvalue weighted by Gasteiger charge is 2.22. The van der Waals surface area contributed by atoms with Crippen LogP contribution in [-0.2, 0) is 0 Å². The second kappa shape index (κ2) is 11.4. The van der Waals surface area contributed by atoms with Crippen molar-refractivity contribution in [3.8, 4) is 56.7 Å². The average Bonchev–Trinajstić information content (AvgIpc) is 3.80. The Labute approximate surface area is 286 Å². The fraction of sp³-hybridized carbons (Fsp3) is 0. The lowest BCUT2D eigenvalue weighted by Crippen LogP contribution is -2.01. The Morgan fingerprint density at radius 1 is 0.340 bits per heavy atom. The van der Waals surface area contributed by atoms with E-state index in [0.717, 1.165) is 71.6 Å². The maximum atomic E-state index is 6.60. The Balaban J connectivity index is 1.24. The molecule has 0 aliphatic rings. The molecule has 3 aromatic heterocycles. The summed E-state index contributed by atoms with van der Waals surface area (Å²) >= 11 is 0. The topological polar surface area (TPSA) is 77.8 Å². The molecule has 6 nitrogen and oxygen atoms in total. The maximum Gasteiger partial charge on any atom is 0.227 e. The van der Waals surface area contributed by atoms with Gasteiger partial charge in [-0.2, -0.15) is 0 Å². The monoisotopic (exact) mass is 642 g/mol. The summed E-state index contributed by atoms with van der Waals surface area (Å²) < 4.78 is 12.9. The van der Waals surface area contributed by atoms with Gasteiger partial charge in [-0.05, 0) is 52.2 Å². The van der Waals surface area contributed by atoms with Crippen LogP contribution in [0.5, 0.6) is 0 Å². The van der Waals surface area contributed by atoms with Gasteiger partial charge in [0.2, 0.25) is 5.89 Å². The van der Waals surface area contributed by atoms with Crippen molar-refractivity contribution < 1.29 is 8.83 Å². The van der Waals surface area contributed by atoms with Crippen LogP contribution in [0.1, 0.15) is 0 Å². The molecule has 0 saturated carbocycles. The van der Waals surface area contributed by atoms with E-state index in [9.17, 15) is 0 Å². The van der Waals surface area contributed by atoms with Crippen molar-refractivity contribution >= 4 is 43.8 Å². The number of hydrogen-bond acceptors (Lipinski definition) is 6. The fourth-order valence-corrected chi connectivity index (χ4v) is 6.88. The van der Waals surface area contributed by atoms with Crippen LogP contribution in [0.25, 0.3) is 101 Å². The first-order chi connectivity index (χ1) is 24.8. The van der Waals surface area contributed by atoms with E-state index < -0.39 is 0 Å². The molecule has 0 amide bonds. The van der Waals surface area contributed by atoms with Crippen molar-refractivity contribution in [2.24, 2.45) is 0 Å². The summed E-state index contributed by atoms with van der Waals surface area (Å²) in [6, 6.07) is 52.9. The van der Waals surface area contributed by atoms with E-state index in [0.29, 0.717) is 28.9 Å². The Hall–Kier alpha value is -6.92. The van der Waals surface area contributed by atoms with Crippen molar-refractivity contribution in [2.45, 2.75) is 0 Å². The minimum Gasteiger partial charge on any atom is -0.456 e. The normalized spacial score (nSPS) is 11.6. The van der Waals surface area contributed by atoms with Crippen LogP contribution in [0.15, 0.2) is 167 Å². The van der Waals surface area contributed by atoms with Crippen LogP contribution < -0.4 is 0 Å². The summed E-state index contributed by atoms with van der Waals surface area (Å²) in [6.07, 6.45) is 0. The second-order valence-electron chi connectivity index (χ2n) is 12.2. The van der Waals surface area contributed by atoms with Gasteiger partial charge in [0.05, 0.1) is 5.39 Å². The molecule has 0 fully saturated rings.